The van der Waals surface area contributed by atoms with Crippen LogP contribution in [0.5, 0.6) is 0 Å². The number of halogens is 3. The molecule has 1 atom stereocenters. The number of imidazole rings is 1. The quantitative estimate of drug-likeness (QED) is 0.518. The molecular formula is C14H9Br3N2O2. The van der Waals surface area contributed by atoms with Gasteiger partial charge in [-0.2, -0.15) is 0 Å². The summed E-state index contributed by atoms with van der Waals surface area (Å²) in [5, 5.41) is 10.7. The van der Waals surface area contributed by atoms with E-state index in [0.717, 1.165) is 19.0 Å². The molecule has 0 bridgehead atoms. The average Bonchev–Trinajstić information content (AvgIpc) is 2.79. The fourth-order valence-electron chi connectivity index (χ4n) is 2.17. The third-order valence-electron chi connectivity index (χ3n) is 3.18. The van der Waals surface area contributed by atoms with Gasteiger partial charge in [0.05, 0.1) is 11.0 Å². The van der Waals surface area contributed by atoms with Crippen LogP contribution in [0.1, 0.15) is 17.2 Å². The van der Waals surface area contributed by atoms with E-state index in [4.69, 9.17) is 0 Å². The maximum atomic E-state index is 11.3. The molecule has 1 heterocycles. The molecular weight excluding hydrogens is 468 g/mol. The van der Waals surface area contributed by atoms with E-state index in [2.05, 4.69) is 57.8 Å². The van der Waals surface area contributed by atoms with Gasteiger partial charge in [-0.05, 0) is 30.3 Å². The lowest BCUT2D eigenvalue weighted by Crippen LogP contribution is -2.02. The second-order valence-corrected chi connectivity index (χ2v) is 7.19. The molecule has 4 nitrogen and oxygen atoms in total. The first-order chi connectivity index (χ1) is 9.95. The van der Waals surface area contributed by atoms with Crippen molar-refractivity contribution in [1.82, 2.24) is 9.97 Å². The van der Waals surface area contributed by atoms with E-state index in [-0.39, 0.29) is 5.69 Å². The Morgan fingerprint density at radius 3 is 2.24 bits per heavy atom. The number of H-pyrrole nitrogens is 2. The van der Waals surface area contributed by atoms with Crippen molar-refractivity contribution >= 4 is 58.8 Å². The van der Waals surface area contributed by atoms with E-state index in [1.54, 1.807) is 12.1 Å². The van der Waals surface area contributed by atoms with Gasteiger partial charge in [-0.15, -0.1) is 0 Å². The van der Waals surface area contributed by atoms with Crippen LogP contribution in [0.2, 0.25) is 0 Å². The summed E-state index contributed by atoms with van der Waals surface area (Å²) in [6.07, 6.45) is -0.825. The molecule has 3 rings (SSSR count). The van der Waals surface area contributed by atoms with Crippen LogP contribution in [-0.2, 0) is 0 Å². The number of aliphatic hydroxyl groups is 1. The molecule has 3 N–H and O–H groups in total. The Labute approximate surface area is 145 Å². The van der Waals surface area contributed by atoms with Gasteiger partial charge in [0.25, 0.3) is 0 Å². The van der Waals surface area contributed by atoms with Crippen LogP contribution < -0.4 is 5.69 Å². The van der Waals surface area contributed by atoms with Crippen molar-refractivity contribution in [2.24, 2.45) is 0 Å². The van der Waals surface area contributed by atoms with Crippen molar-refractivity contribution in [3.8, 4) is 0 Å². The standard InChI is InChI=1S/C14H9Br3N2O2/c15-6-1-2-9(16)7(3-6)13(20)8-4-11-12(5-10(8)17)19-14(21)18-11/h1-5,13,20H,(H2,18,19,21). The van der Waals surface area contributed by atoms with E-state index in [0.29, 0.717) is 16.6 Å². The summed E-state index contributed by atoms with van der Waals surface area (Å²) in [7, 11) is 0. The molecule has 108 valence electrons. The van der Waals surface area contributed by atoms with Crippen LogP contribution >= 0.6 is 47.8 Å². The summed E-state index contributed by atoms with van der Waals surface area (Å²) in [4.78, 5) is 16.7. The largest absolute Gasteiger partial charge is 0.384 e. The summed E-state index contributed by atoms with van der Waals surface area (Å²) in [6, 6.07) is 9.15. The zero-order valence-corrected chi connectivity index (χ0v) is 15.2. The van der Waals surface area contributed by atoms with E-state index in [1.807, 2.05) is 18.2 Å². The van der Waals surface area contributed by atoms with Crippen LogP contribution in [0.15, 0.2) is 48.5 Å². The minimum atomic E-state index is -0.825. The Morgan fingerprint density at radius 2 is 1.52 bits per heavy atom. The Bertz CT molecular complexity index is 886. The monoisotopic (exact) mass is 474 g/mol. The zero-order chi connectivity index (χ0) is 15.1. The minimum absolute atomic E-state index is 0.271. The minimum Gasteiger partial charge on any atom is -0.384 e. The Balaban J connectivity index is 2.16. The fourth-order valence-corrected chi connectivity index (χ4v) is 3.58. The molecule has 0 saturated heterocycles. The van der Waals surface area contributed by atoms with Gasteiger partial charge in [0, 0.05) is 24.5 Å². The number of nitrogens with one attached hydrogen (secondary N) is 2. The van der Waals surface area contributed by atoms with Crippen molar-refractivity contribution in [2.75, 3.05) is 0 Å². The first-order valence-corrected chi connectivity index (χ1v) is 8.38. The smallest absolute Gasteiger partial charge is 0.323 e. The van der Waals surface area contributed by atoms with Gasteiger partial charge >= 0.3 is 5.69 Å². The van der Waals surface area contributed by atoms with E-state index in [1.165, 1.54) is 0 Å². The van der Waals surface area contributed by atoms with Crippen molar-refractivity contribution in [2.45, 2.75) is 6.10 Å². The number of rotatable bonds is 2. The third-order valence-corrected chi connectivity index (χ3v) is 5.08. The van der Waals surface area contributed by atoms with Gasteiger partial charge in [0.1, 0.15) is 6.10 Å². The molecule has 3 aromatic rings. The lowest BCUT2D eigenvalue weighted by Gasteiger charge is -2.15. The third kappa shape index (κ3) is 2.88. The van der Waals surface area contributed by atoms with Gasteiger partial charge in [0.2, 0.25) is 0 Å². The first-order valence-electron chi connectivity index (χ1n) is 6.00. The van der Waals surface area contributed by atoms with Crippen LogP contribution in [0.25, 0.3) is 11.0 Å². The Hall–Kier alpha value is -0.890. The normalized spacial score (nSPS) is 12.8. The summed E-state index contributed by atoms with van der Waals surface area (Å²) in [6.45, 7) is 0. The van der Waals surface area contributed by atoms with Gasteiger partial charge in [0.15, 0.2) is 0 Å². The molecule has 2 aromatic carbocycles. The van der Waals surface area contributed by atoms with Gasteiger partial charge in [-0.3, -0.25) is 0 Å². The SMILES string of the molecule is O=c1[nH]c2cc(Br)c(C(O)c3cc(Br)ccc3Br)cc2[nH]1. The highest BCUT2D eigenvalue weighted by Gasteiger charge is 2.18. The Morgan fingerprint density at radius 1 is 0.905 bits per heavy atom. The molecule has 0 aliphatic carbocycles. The summed E-state index contributed by atoms with van der Waals surface area (Å²) in [5.74, 6) is 0. The van der Waals surface area contributed by atoms with Crippen LogP contribution in [0.4, 0.5) is 0 Å². The van der Waals surface area contributed by atoms with E-state index in [9.17, 15) is 9.90 Å². The van der Waals surface area contributed by atoms with Gasteiger partial charge in [-0.1, -0.05) is 47.8 Å². The number of hydrogen-bond acceptors (Lipinski definition) is 2. The van der Waals surface area contributed by atoms with Crippen LogP contribution in [-0.4, -0.2) is 15.1 Å². The summed E-state index contributed by atoms with van der Waals surface area (Å²) >= 11 is 10.3. The number of benzene rings is 2. The number of fused-ring (bicyclic) bond motifs is 1. The van der Waals surface area contributed by atoms with Crippen molar-refractivity contribution in [3.63, 3.8) is 0 Å². The molecule has 1 aromatic heterocycles. The second kappa shape index (κ2) is 5.72. The lowest BCUT2D eigenvalue weighted by molar-refractivity contribution is 0.219. The molecule has 21 heavy (non-hydrogen) atoms. The van der Waals surface area contributed by atoms with Crippen molar-refractivity contribution in [3.05, 3.63) is 65.4 Å². The molecule has 0 aliphatic heterocycles. The molecule has 7 heteroatoms. The molecule has 0 saturated carbocycles. The fraction of sp³-hybridized carbons (Fsp3) is 0.0714. The molecule has 0 spiro atoms. The highest BCUT2D eigenvalue weighted by molar-refractivity contribution is 9.11. The molecule has 0 amide bonds. The maximum absolute atomic E-state index is 11.3. The number of aromatic nitrogens is 2. The van der Waals surface area contributed by atoms with Crippen LogP contribution in [0.3, 0.4) is 0 Å². The first kappa shape index (κ1) is 15.0. The predicted octanol–water partition coefficient (Wildman–Crippen LogP) is 4.23. The van der Waals surface area contributed by atoms with Crippen molar-refractivity contribution in [1.29, 1.82) is 0 Å². The Kier molecular flexibility index (Phi) is 4.09. The topological polar surface area (TPSA) is 68.9 Å². The average molecular weight is 477 g/mol. The maximum Gasteiger partial charge on any atom is 0.323 e. The number of hydrogen-bond donors (Lipinski definition) is 3. The molecule has 0 aliphatic rings. The van der Waals surface area contributed by atoms with Crippen molar-refractivity contribution < 1.29 is 5.11 Å². The van der Waals surface area contributed by atoms with E-state index >= 15 is 0 Å². The van der Waals surface area contributed by atoms with Gasteiger partial charge < -0.3 is 15.1 Å². The number of aromatic amines is 2. The highest BCUT2D eigenvalue weighted by Crippen LogP contribution is 2.35. The van der Waals surface area contributed by atoms with E-state index < -0.39 is 6.10 Å². The van der Waals surface area contributed by atoms with Gasteiger partial charge in [-0.25, -0.2) is 4.79 Å². The molecule has 1 unspecified atom stereocenters. The lowest BCUT2D eigenvalue weighted by atomic mass is 10.0. The predicted molar refractivity (Wildman–Crippen MR) is 92.5 cm³/mol. The summed E-state index contributed by atoms with van der Waals surface area (Å²) in [5.41, 5.74) is 2.49. The van der Waals surface area contributed by atoms with Crippen LogP contribution in [0, 0.1) is 0 Å². The number of aliphatic hydroxyl groups excluding tert-OH is 1. The molecule has 0 radical (unpaired) electrons. The molecule has 0 fully saturated rings. The second-order valence-electron chi connectivity index (χ2n) is 4.57. The highest BCUT2D eigenvalue weighted by atomic mass is 79.9. The zero-order valence-electron chi connectivity index (χ0n) is 10.5. The summed E-state index contributed by atoms with van der Waals surface area (Å²) < 4.78 is 2.42.